The van der Waals surface area contributed by atoms with Gasteiger partial charge in [-0.15, -0.1) is 0 Å². The minimum absolute atomic E-state index is 0.109. The van der Waals surface area contributed by atoms with Gasteiger partial charge in [-0.05, 0) is 36.8 Å². The molecule has 2 aliphatic carbocycles. The number of hydrogen-bond acceptors (Lipinski definition) is 4. The number of carbonyl (C=O) groups excluding carboxylic acids is 2. The molecule has 176 valence electrons. The molecule has 1 aromatic rings. The summed E-state index contributed by atoms with van der Waals surface area (Å²) in [6.45, 7) is 2.16. The highest BCUT2D eigenvalue weighted by molar-refractivity contribution is 6.30. The minimum atomic E-state index is -2.62. The molecule has 2 saturated carbocycles. The number of phenols is 1. The van der Waals surface area contributed by atoms with Gasteiger partial charge in [0.15, 0.2) is 11.6 Å². The van der Waals surface area contributed by atoms with Crippen LogP contribution in [0.25, 0.3) is 0 Å². The fourth-order valence-corrected chi connectivity index (χ4v) is 5.15. The van der Waals surface area contributed by atoms with Crippen LogP contribution < -0.4 is 5.32 Å². The zero-order valence-electron chi connectivity index (χ0n) is 17.7. The lowest BCUT2D eigenvalue weighted by Gasteiger charge is -2.35. The Hall–Kier alpha value is -2.00. The van der Waals surface area contributed by atoms with Crippen molar-refractivity contribution in [2.45, 2.75) is 44.6 Å². The molecule has 3 fully saturated rings. The molecule has 1 unspecified atom stereocenters. The largest absolute Gasteiger partial charge is 0.505 e. The van der Waals surface area contributed by atoms with Gasteiger partial charge in [0, 0.05) is 62.1 Å². The second kappa shape index (κ2) is 8.74. The van der Waals surface area contributed by atoms with Crippen molar-refractivity contribution in [1.29, 1.82) is 0 Å². The molecular weight excluding hydrogens is 447 g/mol. The van der Waals surface area contributed by atoms with E-state index in [2.05, 4.69) is 5.32 Å². The summed E-state index contributed by atoms with van der Waals surface area (Å²) in [6.07, 6.45) is 1.01. The Labute approximate surface area is 189 Å². The van der Waals surface area contributed by atoms with Crippen LogP contribution in [0.2, 0.25) is 5.02 Å². The van der Waals surface area contributed by atoms with Gasteiger partial charge in [0.2, 0.25) is 17.7 Å². The third-order valence-electron chi connectivity index (χ3n) is 7.12. The van der Waals surface area contributed by atoms with Crippen molar-refractivity contribution in [1.82, 2.24) is 15.1 Å². The van der Waals surface area contributed by atoms with Crippen molar-refractivity contribution in [3.8, 4) is 5.75 Å². The van der Waals surface area contributed by atoms with E-state index in [-0.39, 0.29) is 47.6 Å². The molecule has 1 aliphatic heterocycles. The lowest BCUT2D eigenvalue weighted by Crippen LogP contribution is -2.51. The topological polar surface area (TPSA) is 72.9 Å². The second-order valence-corrected chi connectivity index (χ2v) is 9.68. The number of halogens is 4. The summed E-state index contributed by atoms with van der Waals surface area (Å²) in [4.78, 5) is 28.6. The number of amides is 2. The average Bonchev–Trinajstić information content (AvgIpc) is 3.47. The lowest BCUT2D eigenvalue weighted by atomic mass is 9.82. The van der Waals surface area contributed by atoms with Crippen LogP contribution in [0.5, 0.6) is 5.75 Å². The molecule has 1 saturated heterocycles. The van der Waals surface area contributed by atoms with E-state index in [4.69, 9.17) is 11.6 Å². The fraction of sp³-hybridized carbons (Fsp3) is 0.636. The number of rotatable bonds is 5. The number of aromatic hydroxyl groups is 1. The van der Waals surface area contributed by atoms with Crippen molar-refractivity contribution in [2.24, 2.45) is 11.3 Å². The summed E-state index contributed by atoms with van der Waals surface area (Å²) in [5, 5.41) is 12.8. The molecule has 3 aliphatic rings. The number of nitrogens with zero attached hydrogens (tertiary/aromatic N) is 2. The lowest BCUT2D eigenvalue weighted by molar-refractivity contribution is -0.135. The Balaban J connectivity index is 1.20. The van der Waals surface area contributed by atoms with Crippen LogP contribution in [-0.4, -0.2) is 65.4 Å². The number of phenolic OH excluding ortho intramolecular Hbond substituents is 1. The van der Waals surface area contributed by atoms with Crippen molar-refractivity contribution < 1.29 is 27.9 Å². The van der Waals surface area contributed by atoms with Crippen LogP contribution in [0.4, 0.5) is 13.2 Å². The van der Waals surface area contributed by atoms with Gasteiger partial charge in [0.05, 0.1) is 6.54 Å². The van der Waals surface area contributed by atoms with E-state index in [1.807, 2.05) is 4.90 Å². The predicted octanol–water partition coefficient (Wildman–Crippen LogP) is 3.16. The van der Waals surface area contributed by atoms with Crippen LogP contribution in [0, 0.1) is 17.2 Å². The maximum absolute atomic E-state index is 13.7. The van der Waals surface area contributed by atoms with Gasteiger partial charge >= 0.3 is 0 Å². The molecule has 0 radical (unpaired) electrons. The molecule has 2 N–H and O–H groups in total. The summed E-state index contributed by atoms with van der Waals surface area (Å²) in [5.41, 5.74) is 0.0899. The first kappa shape index (κ1) is 23.2. The first-order valence-electron chi connectivity index (χ1n) is 10.9. The van der Waals surface area contributed by atoms with E-state index in [1.54, 1.807) is 4.90 Å². The van der Waals surface area contributed by atoms with Gasteiger partial charge < -0.3 is 15.3 Å². The predicted molar refractivity (Wildman–Crippen MR) is 112 cm³/mol. The van der Waals surface area contributed by atoms with Crippen molar-refractivity contribution in [3.05, 3.63) is 28.5 Å². The van der Waals surface area contributed by atoms with Crippen LogP contribution in [-0.2, 0) is 16.1 Å². The smallest absolute Gasteiger partial charge is 0.248 e. The first-order chi connectivity index (χ1) is 15.1. The number of nitrogens with one attached hydrogen (secondary N) is 1. The third kappa shape index (κ3) is 4.98. The van der Waals surface area contributed by atoms with Gasteiger partial charge in [-0.1, -0.05) is 11.6 Å². The average molecular weight is 474 g/mol. The summed E-state index contributed by atoms with van der Waals surface area (Å²) in [7, 11) is 0. The highest BCUT2D eigenvalue weighted by atomic mass is 35.5. The Kier molecular flexibility index (Phi) is 6.33. The van der Waals surface area contributed by atoms with E-state index in [0.29, 0.717) is 57.5 Å². The Morgan fingerprint density at radius 2 is 1.78 bits per heavy atom. The Morgan fingerprint density at radius 1 is 1.12 bits per heavy atom. The number of carbonyl (C=O) groups is 2. The zero-order chi connectivity index (χ0) is 23.1. The van der Waals surface area contributed by atoms with Crippen molar-refractivity contribution in [2.75, 3.05) is 32.7 Å². The van der Waals surface area contributed by atoms with Gasteiger partial charge in [-0.3, -0.25) is 14.5 Å². The third-order valence-corrected chi connectivity index (χ3v) is 7.34. The summed E-state index contributed by atoms with van der Waals surface area (Å²) in [6, 6.07) is 2.57. The molecule has 1 atom stereocenters. The highest BCUT2D eigenvalue weighted by Crippen LogP contribution is 2.63. The second-order valence-electron chi connectivity index (χ2n) is 9.25. The van der Waals surface area contributed by atoms with Crippen LogP contribution in [0.1, 0.15) is 37.7 Å². The molecule has 1 spiro atoms. The van der Waals surface area contributed by atoms with Gasteiger partial charge in [0.1, 0.15) is 0 Å². The quantitative estimate of drug-likeness (QED) is 0.689. The van der Waals surface area contributed by atoms with E-state index >= 15 is 0 Å². The number of hydrogen-bond donors (Lipinski definition) is 2. The molecule has 4 rings (SSSR count). The van der Waals surface area contributed by atoms with Crippen LogP contribution >= 0.6 is 11.6 Å². The number of alkyl halides is 2. The normalized spacial score (nSPS) is 24.4. The van der Waals surface area contributed by atoms with E-state index in [9.17, 15) is 27.9 Å². The van der Waals surface area contributed by atoms with E-state index in [1.165, 1.54) is 6.07 Å². The van der Waals surface area contributed by atoms with Gasteiger partial charge in [0.25, 0.3) is 0 Å². The molecule has 0 bridgehead atoms. The fourth-order valence-electron chi connectivity index (χ4n) is 4.92. The zero-order valence-corrected chi connectivity index (χ0v) is 18.4. The van der Waals surface area contributed by atoms with Crippen LogP contribution in [0.3, 0.4) is 0 Å². The molecule has 32 heavy (non-hydrogen) atoms. The number of piperazine rings is 1. The molecule has 0 aromatic heterocycles. The highest BCUT2D eigenvalue weighted by Gasteiger charge is 2.60. The van der Waals surface area contributed by atoms with Crippen molar-refractivity contribution in [3.63, 3.8) is 0 Å². The molecule has 6 nitrogen and oxygen atoms in total. The van der Waals surface area contributed by atoms with Crippen LogP contribution in [0.15, 0.2) is 12.1 Å². The Bertz CT molecular complexity index is 896. The monoisotopic (exact) mass is 473 g/mol. The van der Waals surface area contributed by atoms with Gasteiger partial charge in [-0.25, -0.2) is 13.2 Å². The summed E-state index contributed by atoms with van der Waals surface area (Å²) >= 11 is 5.86. The van der Waals surface area contributed by atoms with Crippen molar-refractivity contribution >= 4 is 23.4 Å². The molecule has 10 heteroatoms. The minimum Gasteiger partial charge on any atom is -0.505 e. The maximum Gasteiger partial charge on any atom is 0.248 e. The molecule has 1 aromatic carbocycles. The molecular formula is C22H27ClF3N3O3. The molecule has 2 amide bonds. The maximum atomic E-state index is 13.7. The Morgan fingerprint density at radius 3 is 2.44 bits per heavy atom. The van der Waals surface area contributed by atoms with E-state index < -0.39 is 17.5 Å². The van der Waals surface area contributed by atoms with Gasteiger partial charge in [-0.2, -0.15) is 0 Å². The molecule has 1 heterocycles. The first-order valence-corrected chi connectivity index (χ1v) is 11.3. The SMILES string of the molecule is O=C(NCC(=O)N1CCN(Cc2cc(Cl)cc(F)c2O)CC1)C1CC12CCC(F)(F)CC2. The number of benzene rings is 1. The standard InChI is InChI=1S/C22H27ClF3N3O3/c23-15-9-14(19(31)17(24)10-15)13-28-5-7-29(8-6-28)18(30)12-27-20(32)16-11-21(16)1-3-22(25,26)4-2-21/h9-10,16,31H,1-8,11-13H2,(H,27,32). The summed E-state index contributed by atoms with van der Waals surface area (Å²) in [5.74, 6) is -4.49. The summed E-state index contributed by atoms with van der Waals surface area (Å²) < 4.78 is 40.4. The van der Waals surface area contributed by atoms with E-state index in [0.717, 1.165) is 6.07 Å².